The predicted octanol–water partition coefficient (Wildman–Crippen LogP) is 4.08. The molecule has 2 heteroatoms. The maximum atomic E-state index is 3.60. The van der Waals surface area contributed by atoms with E-state index in [1.165, 1.54) is 56.6 Å². The van der Waals surface area contributed by atoms with Crippen molar-refractivity contribution < 1.29 is 0 Å². The lowest BCUT2D eigenvalue weighted by Crippen LogP contribution is -2.28. The third kappa shape index (κ3) is 12.2. The summed E-state index contributed by atoms with van der Waals surface area (Å²) >= 11 is 2.09. The molecule has 0 fully saturated rings. The van der Waals surface area contributed by atoms with Gasteiger partial charge < -0.3 is 5.32 Å². The van der Waals surface area contributed by atoms with Crippen LogP contribution in [-0.4, -0.2) is 24.1 Å². The average Bonchev–Trinajstić information content (AvgIpc) is 2.23. The van der Waals surface area contributed by atoms with Gasteiger partial charge in [0.05, 0.1) is 0 Å². The van der Waals surface area contributed by atoms with Gasteiger partial charge in [-0.1, -0.05) is 39.5 Å². The molecule has 15 heavy (non-hydrogen) atoms. The van der Waals surface area contributed by atoms with Crippen LogP contribution in [0.3, 0.4) is 0 Å². The molecule has 0 saturated carbocycles. The highest BCUT2D eigenvalue weighted by Crippen LogP contribution is 2.05. The second-order valence-electron chi connectivity index (χ2n) is 4.32. The van der Waals surface area contributed by atoms with Crippen LogP contribution in [0.1, 0.15) is 59.3 Å². The lowest BCUT2D eigenvalue weighted by Gasteiger charge is -2.13. The smallest absolute Gasteiger partial charge is 0.00581 e. The summed E-state index contributed by atoms with van der Waals surface area (Å²) in [5.74, 6) is 2.61. The highest BCUT2D eigenvalue weighted by Gasteiger charge is 1.99. The Kier molecular flexibility index (Phi) is 12.6. The number of nitrogens with one attached hydrogen (secondary N) is 1. The maximum absolute atomic E-state index is 3.60. The Morgan fingerprint density at radius 1 is 1.00 bits per heavy atom. The highest BCUT2D eigenvalue weighted by atomic mass is 32.2. The van der Waals surface area contributed by atoms with Crippen LogP contribution in [0.25, 0.3) is 0 Å². The largest absolute Gasteiger partial charge is 0.313 e. The molecule has 92 valence electrons. The fourth-order valence-electron chi connectivity index (χ4n) is 1.53. The van der Waals surface area contributed by atoms with Gasteiger partial charge in [-0.3, -0.25) is 0 Å². The van der Waals surface area contributed by atoms with E-state index in [0.29, 0.717) is 6.04 Å². The minimum absolute atomic E-state index is 0.711. The molecular weight excluding hydrogens is 202 g/mol. The molecule has 0 radical (unpaired) electrons. The third-order valence-electron chi connectivity index (χ3n) is 2.62. The average molecular weight is 231 g/mol. The van der Waals surface area contributed by atoms with Crippen LogP contribution < -0.4 is 5.32 Å². The standard InChI is InChI=1S/C13H29NS/c1-4-6-8-9-13(3)14-10-12-15-11-7-5-2/h13-14H,4-12H2,1-3H3. The van der Waals surface area contributed by atoms with Gasteiger partial charge in [0.1, 0.15) is 0 Å². The molecule has 0 saturated heterocycles. The summed E-state index contributed by atoms with van der Waals surface area (Å²) in [4.78, 5) is 0. The molecule has 0 heterocycles. The Morgan fingerprint density at radius 2 is 1.73 bits per heavy atom. The molecule has 1 N–H and O–H groups in total. The van der Waals surface area contributed by atoms with E-state index in [1.54, 1.807) is 0 Å². The summed E-state index contributed by atoms with van der Waals surface area (Å²) in [7, 11) is 0. The van der Waals surface area contributed by atoms with Gasteiger partial charge in [-0.2, -0.15) is 11.8 Å². The Balaban J connectivity index is 3.06. The first-order valence-electron chi connectivity index (χ1n) is 6.62. The first-order valence-corrected chi connectivity index (χ1v) is 7.77. The Bertz CT molecular complexity index is 117. The maximum Gasteiger partial charge on any atom is 0.00581 e. The first kappa shape index (κ1) is 15.3. The SMILES string of the molecule is CCCCCC(C)NCCSCCCC. The number of hydrogen-bond acceptors (Lipinski definition) is 2. The van der Waals surface area contributed by atoms with Crippen molar-refractivity contribution in [3.63, 3.8) is 0 Å². The van der Waals surface area contributed by atoms with E-state index in [9.17, 15) is 0 Å². The van der Waals surface area contributed by atoms with Gasteiger partial charge in [0, 0.05) is 18.3 Å². The zero-order chi connectivity index (χ0) is 11.4. The van der Waals surface area contributed by atoms with Crippen molar-refractivity contribution in [1.29, 1.82) is 0 Å². The third-order valence-corrected chi connectivity index (χ3v) is 3.69. The van der Waals surface area contributed by atoms with Gasteiger partial charge in [-0.05, 0) is 25.5 Å². The molecule has 0 rings (SSSR count). The van der Waals surface area contributed by atoms with Crippen LogP contribution >= 0.6 is 11.8 Å². The van der Waals surface area contributed by atoms with E-state index in [2.05, 4.69) is 37.8 Å². The molecule has 0 aliphatic heterocycles. The highest BCUT2D eigenvalue weighted by molar-refractivity contribution is 7.99. The fraction of sp³-hybridized carbons (Fsp3) is 1.00. The van der Waals surface area contributed by atoms with Crippen LogP contribution in [0.4, 0.5) is 0 Å². The van der Waals surface area contributed by atoms with E-state index in [0.717, 1.165) is 0 Å². The van der Waals surface area contributed by atoms with Crippen LogP contribution in [0.15, 0.2) is 0 Å². The fourth-order valence-corrected chi connectivity index (χ4v) is 2.49. The second-order valence-corrected chi connectivity index (χ2v) is 5.54. The molecule has 0 bridgehead atoms. The zero-order valence-electron chi connectivity index (χ0n) is 10.8. The Labute approximate surface area is 101 Å². The Morgan fingerprint density at radius 3 is 2.40 bits per heavy atom. The van der Waals surface area contributed by atoms with E-state index >= 15 is 0 Å². The van der Waals surface area contributed by atoms with Crippen molar-refractivity contribution in [3.8, 4) is 0 Å². The van der Waals surface area contributed by atoms with Crippen molar-refractivity contribution in [1.82, 2.24) is 5.32 Å². The topological polar surface area (TPSA) is 12.0 Å². The summed E-state index contributed by atoms with van der Waals surface area (Å²) in [6.45, 7) is 8.02. The second kappa shape index (κ2) is 12.4. The molecule has 0 aliphatic rings. The number of rotatable bonds is 11. The van der Waals surface area contributed by atoms with Gasteiger partial charge in [0.15, 0.2) is 0 Å². The summed E-state index contributed by atoms with van der Waals surface area (Å²) in [6.07, 6.45) is 8.14. The lowest BCUT2D eigenvalue weighted by atomic mass is 10.1. The number of hydrogen-bond donors (Lipinski definition) is 1. The van der Waals surface area contributed by atoms with Crippen molar-refractivity contribution in [2.75, 3.05) is 18.1 Å². The van der Waals surface area contributed by atoms with Crippen LogP contribution in [0.5, 0.6) is 0 Å². The van der Waals surface area contributed by atoms with E-state index in [1.807, 2.05) is 0 Å². The monoisotopic (exact) mass is 231 g/mol. The number of thioether (sulfide) groups is 1. The molecule has 1 nitrogen and oxygen atoms in total. The molecule has 0 aliphatic carbocycles. The summed E-state index contributed by atoms with van der Waals surface area (Å²) in [5, 5.41) is 3.60. The molecule has 0 aromatic rings. The normalized spacial score (nSPS) is 13.0. The van der Waals surface area contributed by atoms with E-state index < -0.39 is 0 Å². The minimum atomic E-state index is 0.711. The van der Waals surface area contributed by atoms with Crippen LogP contribution in [-0.2, 0) is 0 Å². The predicted molar refractivity (Wildman–Crippen MR) is 73.8 cm³/mol. The van der Waals surface area contributed by atoms with Gasteiger partial charge in [0.2, 0.25) is 0 Å². The Hall–Kier alpha value is 0.310. The van der Waals surface area contributed by atoms with E-state index in [-0.39, 0.29) is 0 Å². The molecule has 1 unspecified atom stereocenters. The van der Waals surface area contributed by atoms with Crippen LogP contribution in [0, 0.1) is 0 Å². The summed E-state index contributed by atoms with van der Waals surface area (Å²) in [5.41, 5.74) is 0. The molecule has 0 amide bonds. The quantitative estimate of drug-likeness (QED) is 0.538. The van der Waals surface area contributed by atoms with Crippen molar-refractivity contribution in [3.05, 3.63) is 0 Å². The van der Waals surface area contributed by atoms with Gasteiger partial charge in [-0.15, -0.1) is 0 Å². The van der Waals surface area contributed by atoms with Gasteiger partial charge in [0.25, 0.3) is 0 Å². The van der Waals surface area contributed by atoms with E-state index in [4.69, 9.17) is 0 Å². The van der Waals surface area contributed by atoms with Crippen molar-refractivity contribution in [2.24, 2.45) is 0 Å². The van der Waals surface area contributed by atoms with Crippen LogP contribution in [0.2, 0.25) is 0 Å². The molecule has 0 aromatic carbocycles. The molecule has 0 aromatic heterocycles. The zero-order valence-corrected chi connectivity index (χ0v) is 11.7. The van der Waals surface area contributed by atoms with Gasteiger partial charge >= 0.3 is 0 Å². The number of unbranched alkanes of at least 4 members (excludes halogenated alkanes) is 3. The van der Waals surface area contributed by atoms with Crippen molar-refractivity contribution in [2.45, 2.75) is 65.3 Å². The van der Waals surface area contributed by atoms with Crippen molar-refractivity contribution >= 4 is 11.8 Å². The van der Waals surface area contributed by atoms with Gasteiger partial charge in [-0.25, -0.2) is 0 Å². The molecular formula is C13H29NS. The lowest BCUT2D eigenvalue weighted by molar-refractivity contribution is 0.502. The summed E-state index contributed by atoms with van der Waals surface area (Å²) in [6, 6.07) is 0.711. The molecule has 0 spiro atoms. The molecule has 1 atom stereocenters. The summed E-state index contributed by atoms with van der Waals surface area (Å²) < 4.78 is 0. The first-order chi connectivity index (χ1) is 7.31. The minimum Gasteiger partial charge on any atom is -0.313 e.